The minimum Gasteiger partial charge on any atom is -0.438 e. The average Bonchev–Trinajstić information content (AvgIpc) is 2.89. The van der Waals surface area contributed by atoms with Gasteiger partial charge in [-0.05, 0) is 36.8 Å². The van der Waals surface area contributed by atoms with Gasteiger partial charge in [0.15, 0.2) is 0 Å². The predicted molar refractivity (Wildman–Crippen MR) is 142 cm³/mol. The zero-order valence-electron chi connectivity index (χ0n) is 22.0. The monoisotopic (exact) mass is 563 g/mol. The van der Waals surface area contributed by atoms with Crippen molar-refractivity contribution in [3.8, 4) is 0 Å². The van der Waals surface area contributed by atoms with Crippen molar-refractivity contribution in [2.24, 2.45) is 10.5 Å². The lowest BCUT2D eigenvalue weighted by Gasteiger charge is -2.19. The van der Waals surface area contributed by atoms with Gasteiger partial charge in [-0.1, -0.05) is 60.7 Å². The van der Waals surface area contributed by atoms with Crippen molar-refractivity contribution in [1.82, 2.24) is 5.06 Å². The van der Waals surface area contributed by atoms with Gasteiger partial charge in [0.25, 0.3) is 0 Å². The van der Waals surface area contributed by atoms with Crippen molar-refractivity contribution in [3.63, 3.8) is 0 Å². The molecule has 0 bridgehead atoms. The fourth-order valence-corrected chi connectivity index (χ4v) is 4.09. The van der Waals surface area contributed by atoms with Crippen molar-refractivity contribution in [2.75, 3.05) is 20.6 Å². The highest BCUT2D eigenvalue weighted by Crippen LogP contribution is 2.50. The van der Waals surface area contributed by atoms with E-state index in [9.17, 15) is 18.9 Å². The van der Waals surface area contributed by atoms with E-state index in [-0.39, 0.29) is 12.8 Å². The second kappa shape index (κ2) is 17.0. The van der Waals surface area contributed by atoms with Crippen LogP contribution < -0.4 is 5.73 Å². The molecule has 39 heavy (non-hydrogen) atoms. The van der Waals surface area contributed by atoms with Crippen molar-refractivity contribution in [3.05, 3.63) is 71.8 Å². The van der Waals surface area contributed by atoms with Crippen LogP contribution >= 0.6 is 7.75 Å². The first-order valence-electron chi connectivity index (χ1n) is 12.2. The highest BCUT2D eigenvalue weighted by Gasteiger charge is 2.28. The van der Waals surface area contributed by atoms with Gasteiger partial charge in [0.05, 0.1) is 0 Å². The summed E-state index contributed by atoms with van der Waals surface area (Å²) in [7, 11) is -3.22. The summed E-state index contributed by atoms with van der Waals surface area (Å²) in [6, 6.07) is 19.3. The maximum absolute atomic E-state index is 13.1. The largest absolute Gasteiger partial charge is 0.462 e. The number of benzene rings is 2. The Balaban J connectivity index is 1.84. The van der Waals surface area contributed by atoms with E-state index in [0.29, 0.717) is 25.7 Å². The molecule has 212 valence electrons. The van der Waals surface area contributed by atoms with Crippen LogP contribution in [-0.4, -0.2) is 49.6 Å². The van der Waals surface area contributed by atoms with Gasteiger partial charge in [-0.3, -0.25) is 23.4 Å². The molecule has 2 aromatic rings. The molecular weight excluding hydrogens is 529 g/mol. The zero-order valence-corrected chi connectivity index (χ0v) is 22.9. The Morgan fingerprint density at radius 2 is 1.26 bits per heavy atom. The number of hydrogen-bond acceptors (Lipinski definition) is 9. The third-order valence-corrected chi connectivity index (χ3v) is 6.38. The van der Waals surface area contributed by atoms with Crippen LogP contribution in [0.3, 0.4) is 0 Å². The van der Waals surface area contributed by atoms with Gasteiger partial charge in [0.2, 0.25) is 19.5 Å². The van der Waals surface area contributed by atoms with Crippen LogP contribution in [0.1, 0.15) is 43.7 Å². The van der Waals surface area contributed by atoms with E-state index in [0.717, 1.165) is 23.1 Å². The molecule has 0 saturated heterocycles. The smallest absolute Gasteiger partial charge is 0.438 e. The maximum atomic E-state index is 13.1. The fourth-order valence-electron chi connectivity index (χ4n) is 3.15. The number of nitrogens with two attached hydrogens (primary N) is 1. The van der Waals surface area contributed by atoms with Crippen LogP contribution in [0.5, 0.6) is 0 Å². The quantitative estimate of drug-likeness (QED) is 0.0837. The highest BCUT2D eigenvalue weighted by atomic mass is 31.2. The van der Waals surface area contributed by atoms with Crippen molar-refractivity contribution in [1.29, 1.82) is 0 Å². The molecule has 0 fully saturated rings. The maximum Gasteiger partial charge on any atom is 0.462 e. The summed E-state index contributed by atoms with van der Waals surface area (Å²) in [5, 5.41) is 0.743. The average molecular weight is 564 g/mol. The summed E-state index contributed by atoms with van der Waals surface area (Å²) in [5.74, 6) is -2.41. The van der Waals surface area contributed by atoms with Crippen molar-refractivity contribution >= 4 is 31.6 Å². The van der Waals surface area contributed by atoms with E-state index in [1.54, 1.807) is 0 Å². The number of rotatable bonds is 15. The predicted octanol–water partition coefficient (Wildman–Crippen LogP) is 3.90. The molecule has 0 aliphatic carbocycles. The highest BCUT2D eigenvalue weighted by molar-refractivity contribution is 7.52. The molecular formula is C26H34N3O9P. The Hall–Kier alpha value is -3.73. The minimum absolute atomic E-state index is 0.102. The van der Waals surface area contributed by atoms with Gasteiger partial charge in [-0.15, -0.1) is 4.76 Å². The second-order valence-electron chi connectivity index (χ2n) is 8.21. The molecule has 0 heterocycles. The molecule has 0 radical (unpaired) electrons. The first kappa shape index (κ1) is 31.5. The van der Waals surface area contributed by atoms with Gasteiger partial charge in [0, 0.05) is 26.8 Å². The number of esters is 2. The number of carbonyl (C=O) groups excluding carboxylic acids is 3. The number of hydrogen-bond donors (Lipinski definition) is 1. The first-order chi connectivity index (χ1) is 18.7. The summed E-state index contributed by atoms with van der Waals surface area (Å²) in [6.07, 6.45) is 2.64. The topological polar surface area (TPSA) is 156 Å². The van der Waals surface area contributed by atoms with E-state index >= 15 is 0 Å². The Morgan fingerprint density at radius 1 is 0.821 bits per heavy atom. The van der Waals surface area contributed by atoms with Crippen molar-refractivity contribution < 1.29 is 42.3 Å². The lowest BCUT2D eigenvalue weighted by molar-refractivity contribution is -0.166. The van der Waals surface area contributed by atoms with Gasteiger partial charge in [-0.25, -0.2) is 4.57 Å². The fraction of sp³-hybridized carbons (Fsp3) is 0.385. The van der Waals surface area contributed by atoms with E-state index in [1.165, 1.54) is 7.05 Å². The summed E-state index contributed by atoms with van der Waals surface area (Å²) < 4.78 is 36.8. The molecule has 0 saturated carbocycles. The van der Waals surface area contributed by atoms with E-state index in [2.05, 4.69) is 4.76 Å². The number of aryl methyl sites for hydroxylation is 2. The van der Waals surface area contributed by atoms with Gasteiger partial charge < -0.3 is 20.0 Å². The third-order valence-electron chi connectivity index (χ3n) is 5.06. The van der Waals surface area contributed by atoms with Gasteiger partial charge >= 0.3 is 25.7 Å². The van der Waals surface area contributed by atoms with E-state index in [4.69, 9.17) is 29.1 Å². The van der Waals surface area contributed by atoms with Crippen LogP contribution in [0, 0.1) is 0 Å². The molecule has 2 aromatic carbocycles. The molecule has 0 amide bonds. The van der Waals surface area contributed by atoms with Crippen LogP contribution in [0.15, 0.2) is 65.4 Å². The normalized spacial score (nSPS) is 11.5. The molecule has 2 N–H and O–H groups in total. The molecule has 13 heteroatoms. The lowest BCUT2D eigenvalue weighted by Crippen LogP contribution is -2.35. The summed E-state index contributed by atoms with van der Waals surface area (Å²) in [6.45, 7) is -0.397. The number of nitrogens with zero attached hydrogens (tertiary/aromatic N) is 2. The molecule has 2 rings (SSSR count). The first-order valence-corrected chi connectivity index (χ1v) is 13.7. The summed E-state index contributed by atoms with van der Waals surface area (Å²) in [5.41, 5.74) is 7.87. The Bertz CT molecular complexity index is 1060. The summed E-state index contributed by atoms with van der Waals surface area (Å²) >= 11 is 0. The standard InChI is InChI=1S/C26H34N3O9P/c1-21(30)38-29(2)26(27)28-39(33,36-19-34-24(31)17-9-15-22-11-5-3-6-12-22)37-20-35-25(32)18-10-16-23-13-7-4-8-14-23/h3-8,11-14H,9-10,15-20H2,1-2H3,(H2,27,28,33). The van der Waals surface area contributed by atoms with Crippen LogP contribution in [0.2, 0.25) is 0 Å². The van der Waals surface area contributed by atoms with Crippen LogP contribution in [0.4, 0.5) is 0 Å². The van der Waals surface area contributed by atoms with Crippen LogP contribution in [0.25, 0.3) is 0 Å². The van der Waals surface area contributed by atoms with Gasteiger partial charge in [0.1, 0.15) is 0 Å². The Labute approximate surface area is 227 Å². The third kappa shape index (κ3) is 13.6. The van der Waals surface area contributed by atoms with Gasteiger partial charge in [-0.2, -0.15) is 5.06 Å². The van der Waals surface area contributed by atoms with E-state index in [1.807, 2.05) is 60.7 Å². The molecule has 0 atom stereocenters. The second-order valence-corrected chi connectivity index (χ2v) is 9.87. The molecule has 0 spiro atoms. The Kier molecular flexibility index (Phi) is 13.7. The zero-order chi connectivity index (χ0) is 28.5. The lowest BCUT2D eigenvalue weighted by atomic mass is 10.1. The number of ether oxygens (including phenoxy) is 2. The molecule has 0 aliphatic heterocycles. The van der Waals surface area contributed by atoms with Crippen LogP contribution in [-0.2, 0) is 55.1 Å². The molecule has 0 aliphatic rings. The van der Waals surface area contributed by atoms with Crippen molar-refractivity contribution in [2.45, 2.75) is 45.4 Å². The molecule has 0 aromatic heterocycles. The van der Waals surface area contributed by atoms with E-state index < -0.39 is 45.2 Å². The molecule has 12 nitrogen and oxygen atoms in total. The SMILES string of the molecule is CC(=O)ON(C)C(N)=NP(=O)(OCOC(=O)CCCc1ccccc1)OCOC(=O)CCCc1ccccc1. The minimum atomic E-state index is -4.46. The summed E-state index contributed by atoms with van der Waals surface area (Å²) in [4.78, 5) is 40.0. The Morgan fingerprint density at radius 3 is 1.67 bits per heavy atom. The number of hydroxylamine groups is 2. The molecule has 0 unspecified atom stereocenters. The number of guanidine groups is 1. The number of carbonyl (C=O) groups is 3.